The van der Waals surface area contributed by atoms with Gasteiger partial charge in [-0.25, -0.2) is 0 Å². The monoisotopic (exact) mass is 376 g/mol. The van der Waals surface area contributed by atoms with E-state index in [1.807, 2.05) is 25.1 Å². The van der Waals surface area contributed by atoms with E-state index in [1.54, 1.807) is 4.90 Å². The average Bonchev–Trinajstić information content (AvgIpc) is 3.27. The van der Waals surface area contributed by atoms with Crippen molar-refractivity contribution in [2.45, 2.75) is 32.7 Å². The number of carboxylic acids is 1. The lowest BCUT2D eigenvalue weighted by atomic mass is 10.1. The molecule has 1 N–H and O–H groups in total. The van der Waals surface area contributed by atoms with E-state index in [2.05, 4.69) is 4.90 Å². The van der Waals surface area contributed by atoms with Crippen molar-refractivity contribution in [2.24, 2.45) is 5.92 Å². The van der Waals surface area contributed by atoms with Gasteiger partial charge in [-0.3, -0.25) is 14.5 Å². The van der Waals surface area contributed by atoms with Crippen LogP contribution in [0.1, 0.15) is 31.7 Å². The van der Waals surface area contributed by atoms with Gasteiger partial charge >= 0.3 is 5.97 Å². The lowest BCUT2D eigenvalue weighted by molar-refractivity contribution is -0.141. The third kappa shape index (κ3) is 5.13. The Labute approximate surface area is 159 Å². The molecule has 2 aliphatic heterocycles. The summed E-state index contributed by atoms with van der Waals surface area (Å²) in [5.41, 5.74) is 0.907. The maximum Gasteiger partial charge on any atom is 0.308 e. The third-order valence-electron chi connectivity index (χ3n) is 5.11. The van der Waals surface area contributed by atoms with E-state index in [4.69, 9.17) is 14.6 Å². The van der Waals surface area contributed by atoms with Gasteiger partial charge in [0.1, 0.15) is 6.61 Å². The van der Waals surface area contributed by atoms with E-state index in [0.717, 1.165) is 25.2 Å². The van der Waals surface area contributed by atoms with Gasteiger partial charge < -0.3 is 19.5 Å². The number of nitrogens with zero attached hydrogens (tertiary/aromatic N) is 2. The first-order valence-corrected chi connectivity index (χ1v) is 9.68. The van der Waals surface area contributed by atoms with Gasteiger partial charge in [0, 0.05) is 26.1 Å². The molecule has 0 bridgehead atoms. The number of rotatable bonds is 9. The van der Waals surface area contributed by atoms with Crippen LogP contribution in [0.5, 0.6) is 11.5 Å². The van der Waals surface area contributed by atoms with Gasteiger partial charge in [0.25, 0.3) is 0 Å². The zero-order valence-electron chi connectivity index (χ0n) is 15.9. The van der Waals surface area contributed by atoms with Gasteiger partial charge in [-0.2, -0.15) is 0 Å². The van der Waals surface area contributed by atoms with Crippen LogP contribution >= 0.6 is 0 Å². The number of likely N-dealkylation sites (tertiary alicyclic amines) is 2. The number of aliphatic carboxylic acids is 1. The Morgan fingerprint density at radius 2 is 2.00 bits per heavy atom. The van der Waals surface area contributed by atoms with Crippen LogP contribution in [0.4, 0.5) is 0 Å². The summed E-state index contributed by atoms with van der Waals surface area (Å²) in [7, 11) is 0. The topological polar surface area (TPSA) is 79.3 Å². The average molecular weight is 376 g/mol. The van der Waals surface area contributed by atoms with Gasteiger partial charge in [0.05, 0.1) is 12.5 Å². The largest absolute Gasteiger partial charge is 0.490 e. The number of amides is 1. The highest BCUT2D eigenvalue weighted by atomic mass is 16.5. The summed E-state index contributed by atoms with van der Waals surface area (Å²) < 4.78 is 11.6. The van der Waals surface area contributed by atoms with Gasteiger partial charge in [-0.15, -0.1) is 0 Å². The third-order valence-corrected chi connectivity index (χ3v) is 5.11. The van der Waals surface area contributed by atoms with Crippen LogP contribution in [0.25, 0.3) is 0 Å². The summed E-state index contributed by atoms with van der Waals surface area (Å²) in [6.07, 6.45) is 2.60. The minimum Gasteiger partial charge on any atom is -0.490 e. The second-order valence-corrected chi connectivity index (χ2v) is 7.12. The first kappa shape index (κ1) is 19.5. The van der Waals surface area contributed by atoms with Crippen LogP contribution < -0.4 is 9.47 Å². The summed E-state index contributed by atoms with van der Waals surface area (Å²) in [5, 5.41) is 9.11. The van der Waals surface area contributed by atoms with Crippen molar-refractivity contribution in [3.05, 3.63) is 23.8 Å². The second-order valence-electron chi connectivity index (χ2n) is 7.12. The van der Waals surface area contributed by atoms with Crippen molar-refractivity contribution >= 4 is 11.9 Å². The molecule has 0 radical (unpaired) electrons. The summed E-state index contributed by atoms with van der Waals surface area (Å²) in [5.74, 6) is -0.278. The first-order valence-electron chi connectivity index (χ1n) is 9.68. The van der Waals surface area contributed by atoms with Crippen LogP contribution in [0, 0.1) is 5.92 Å². The number of carbonyl (C=O) groups is 2. The quantitative estimate of drug-likeness (QED) is 0.710. The lowest BCUT2D eigenvalue weighted by Crippen LogP contribution is -2.26. The molecule has 3 rings (SSSR count). The molecular weight excluding hydrogens is 348 g/mol. The Kier molecular flexibility index (Phi) is 6.55. The minimum absolute atomic E-state index is 0.0747. The Hall–Kier alpha value is -2.28. The van der Waals surface area contributed by atoms with E-state index in [9.17, 15) is 9.59 Å². The van der Waals surface area contributed by atoms with Crippen LogP contribution in [-0.2, 0) is 16.1 Å². The van der Waals surface area contributed by atoms with E-state index in [1.165, 1.54) is 12.8 Å². The lowest BCUT2D eigenvalue weighted by Gasteiger charge is -2.19. The molecule has 0 spiro atoms. The van der Waals surface area contributed by atoms with Crippen molar-refractivity contribution in [1.29, 1.82) is 0 Å². The van der Waals surface area contributed by atoms with Gasteiger partial charge in [-0.05, 0) is 50.6 Å². The van der Waals surface area contributed by atoms with Crippen molar-refractivity contribution in [1.82, 2.24) is 9.80 Å². The molecule has 148 valence electrons. The summed E-state index contributed by atoms with van der Waals surface area (Å²) in [6, 6.07) is 5.67. The highest BCUT2D eigenvalue weighted by Gasteiger charge is 2.34. The molecule has 2 saturated heterocycles. The molecule has 0 saturated carbocycles. The second kappa shape index (κ2) is 9.08. The molecule has 2 aliphatic rings. The fraction of sp³-hybridized carbons (Fsp3) is 0.600. The fourth-order valence-electron chi connectivity index (χ4n) is 3.64. The molecule has 2 heterocycles. The van der Waals surface area contributed by atoms with Crippen molar-refractivity contribution < 1.29 is 24.2 Å². The standard InChI is InChI=1S/C20H28N2O5/c1-2-26-18-11-15(13-22-14-16(20(24)25)12-19(22)23)5-6-17(18)27-10-9-21-7-3-4-8-21/h5-6,11,16H,2-4,7-10,12-14H2,1H3,(H,24,25). The van der Waals surface area contributed by atoms with Gasteiger partial charge in [0.2, 0.25) is 5.91 Å². The van der Waals surface area contributed by atoms with E-state index in [0.29, 0.717) is 31.3 Å². The van der Waals surface area contributed by atoms with Crippen LogP contribution in [0.15, 0.2) is 18.2 Å². The number of ether oxygens (including phenoxy) is 2. The summed E-state index contributed by atoms with van der Waals surface area (Å²) in [4.78, 5) is 27.1. The zero-order chi connectivity index (χ0) is 19.2. The molecule has 27 heavy (non-hydrogen) atoms. The zero-order valence-corrected chi connectivity index (χ0v) is 15.9. The van der Waals surface area contributed by atoms with E-state index >= 15 is 0 Å². The maximum absolute atomic E-state index is 12.0. The summed E-state index contributed by atoms with van der Waals surface area (Å²) in [6.45, 7) is 6.89. The van der Waals surface area contributed by atoms with Crippen molar-refractivity contribution in [2.75, 3.05) is 39.4 Å². The molecule has 1 aromatic rings. The highest BCUT2D eigenvalue weighted by Crippen LogP contribution is 2.30. The van der Waals surface area contributed by atoms with Gasteiger partial charge in [-0.1, -0.05) is 6.07 Å². The molecule has 1 unspecified atom stereocenters. The smallest absolute Gasteiger partial charge is 0.308 e. The predicted molar refractivity (Wildman–Crippen MR) is 99.9 cm³/mol. The Balaban J connectivity index is 1.60. The van der Waals surface area contributed by atoms with Gasteiger partial charge in [0.15, 0.2) is 11.5 Å². The Morgan fingerprint density at radius 1 is 1.22 bits per heavy atom. The number of hydrogen-bond donors (Lipinski definition) is 1. The molecule has 0 aromatic heterocycles. The molecule has 7 heteroatoms. The minimum atomic E-state index is -0.914. The Bertz CT molecular complexity index is 672. The number of carboxylic acid groups (broad SMARTS) is 1. The maximum atomic E-state index is 12.0. The number of carbonyl (C=O) groups excluding carboxylic acids is 1. The molecule has 1 aromatic carbocycles. The van der Waals surface area contributed by atoms with Crippen molar-refractivity contribution in [3.8, 4) is 11.5 Å². The summed E-state index contributed by atoms with van der Waals surface area (Å²) >= 11 is 0. The Morgan fingerprint density at radius 3 is 2.67 bits per heavy atom. The van der Waals surface area contributed by atoms with Crippen LogP contribution in [-0.4, -0.2) is 66.2 Å². The molecular formula is C20H28N2O5. The molecule has 1 amide bonds. The van der Waals surface area contributed by atoms with Crippen LogP contribution in [0.2, 0.25) is 0 Å². The van der Waals surface area contributed by atoms with Crippen LogP contribution in [0.3, 0.4) is 0 Å². The SMILES string of the molecule is CCOc1cc(CN2CC(C(=O)O)CC2=O)ccc1OCCN1CCCC1. The normalized spacial score (nSPS) is 20.3. The van der Waals surface area contributed by atoms with E-state index < -0.39 is 11.9 Å². The number of benzene rings is 1. The highest BCUT2D eigenvalue weighted by molar-refractivity contribution is 5.86. The molecule has 0 aliphatic carbocycles. The van der Waals surface area contributed by atoms with E-state index in [-0.39, 0.29) is 18.9 Å². The molecule has 1 atom stereocenters. The van der Waals surface area contributed by atoms with Crippen molar-refractivity contribution in [3.63, 3.8) is 0 Å². The predicted octanol–water partition coefficient (Wildman–Crippen LogP) is 1.99. The molecule has 2 fully saturated rings. The molecule has 7 nitrogen and oxygen atoms in total. The first-order chi connectivity index (χ1) is 13.1. The number of hydrogen-bond acceptors (Lipinski definition) is 5. The fourth-order valence-corrected chi connectivity index (χ4v) is 3.64.